The quantitative estimate of drug-likeness (QED) is 0.900. The highest BCUT2D eigenvalue weighted by atomic mass is 32.2. The Kier molecular flexibility index (Phi) is 3.82. The van der Waals surface area contributed by atoms with Crippen molar-refractivity contribution in [3.8, 4) is 0 Å². The Labute approximate surface area is 118 Å². The molecule has 20 heavy (non-hydrogen) atoms. The van der Waals surface area contributed by atoms with E-state index >= 15 is 0 Å². The van der Waals surface area contributed by atoms with E-state index in [0.717, 1.165) is 5.56 Å². The maximum absolute atomic E-state index is 12.3. The van der Waals surface area contributed by atoms with Gasteiger partial charge in [-0.2, -0.15) is 0 Å². The van der Waals surface area contributed by atoms with Crippen molar-refractivity contribution in [3.05, 3.63) is 41.3 Å². The smallest absolute Gasteiger partial charge is 0.267 e. The third-order valence-electron chi connectivity index (χ3n) is 2.90. The number of aromatic nitrogens is 1. The lowest BCUT2D eigenvalue weighted by atomic mass is 10.1. The molecule has 7 heteroatoms. The van der Waals surface area contributed by atoms with Crippen LogP contribution in [0.5, 0.6) is 0 Å². The van der Waals surface area contributed by atoms with E-state index in [-0.39, 0.29) is 16.7 Å². The number of rotatable bonds is 4. The molecule has 1 aromatic carbocycles. The van der Waals surface area contributed by atoms with Crippen LogP contribution < -0.4 is 10.5 Å². The molecule has 6 nitrogen and oxygen atoms in total. The highest BCUT2D eigenvalue weighted by Gasteiger charge is 2.24. The van der Waals surface area contributed by atoms with Gasteiger partial charge in [-0.15, -0.1) is 0 Å². The van der Waals surface area contributed by atoms with E-state index < -0.39 is 10.0 Å². The van der Waals surface area contributed by atoms with Crippen molar-refractivity contribution in [1.82, 2.24) is 5.16 Å². The van der Waals surface area contributed by atoms with Gasteiger partial charge in [-0.1, -0.05) is 17.3 Å². The molecule has 1 unspecified atom stereocenters. The molecule has 0 aliphatic rings. The monoisotopic (exact) mass is 295 g/mol. The third kappa shape index (κ3) is 2.83. The van der Waals surface area contributed by atoms with Crippen LogP contribution in [-0.2, 0) is 10.0 Å². The zero-order chi connectivity index (χ0) is 14.9. The first-order valence-electron chi connectivity index (χ1n) is 6.12. The SMILES string of the molecule is Cc1noc(C)c1S(=O)(=O)Nc1cccc(C(C)N)c1. The average molecular weight is 295 g/mol. The van der Waals surface area contributed by atoms with Crippen LogP contribution in [-0.4, -0.2) is 13.6 Å². The van der Waals surface area contributed by atoms with Crippen LogP contribution in [0.15, 0.2) is 33.7 Å². The number of sulfonamides is 1. The summed E-state index contributed by atoms with van der Waals surface area (Å²) in [5.74, 6) is 0.262. The molecule has 0 amide bonds. The zero-order valence-corrected chi connectivity index (χ0v) is 12.4. The van der Waals surface area contributed by atoms with Gasteiger partial charge in [-0.3, -0.25) is 4.72 Å². The summed E-state index contributed by atoms with van der Waals surface area (Å²) in [6.45, 7) is 4.98. The molecular weight excluding hydrogens is 278 g/mol. The molecule has 1 atom stereocenters. The van der Waals surface area contributed by atoms with Gasteiger partial charge < -0.3 is 10.3 Å². The van der Waals surface area contributed by atoms with E-state index in [0.29, 0.717) is 11.4 Å². The van der Waals surface area contributed by atoms with Crippen molar-refractivity contribution in [2.45, 2.75) is 31.7 Å². The minimum Gasteiger partial charge on any atom is -0.360 e. The Morgan fingerprint density at radius 1 is 1.35 bits per heavy atom. The summed E-state index contributed by atoms with van der Waals surface area (Å²) in [5.41, 5.74) is 7.43. The van der Waals surface area contributed by atoms with Crippen molar-refractivity contribution in [3.63, 3.8) is 0 Å². The average Bonchev–Trinajstić information content (AvgIpc) is 2.69. The molecule has 1 aromatic heterocycles. The molecule has 0 spiro atoms. The predicted molar refractivity (Wildman–Crippen MR) is 75.8 cm³/mol. The van der Waals surface area contributed by atoms with Gasteiger partial charge >= 0.3 is 0 Å². The molecule has 2 rings (SSSR count). The van der Waals surface area contributed by atoms with Gasteiger partial charge in [-0.05, 0) is 38.5 Å². The maximum Gasteiger partial charge on any atom is 0.267 e. The molecule has 3 N–H and O–H groups in total. The van der Waals surface area contributed by atoms with Gasteiger partial charge in [0.15, 0.2) is 10.7 Å². The van der Waals surface area contributed by atoms with Gasteiger partial charge in [0.25, 0.3) is 10.0 Å². The van der Waals surface area contributed by atoms with Gasteiger partial charge in [0, 0.05) is 11.7 Å². The lowest BCUT2D eigenvalue weighted by Gasteiger charge is -2.10. The largest absolute Gasteiger partial charge is 0.360 e. The predicted octanol–water partition coefficient (Wildman–Crippen LogP) is 2.11. The fraction of sp³-hybridized carbons (Fsp3) is 0.308. The first-order valence-corrected chi connectivity index (χ1v) is 7.61. The summed E-state index contributed by atoms with van der Waals surface area (Å²) >= 11 is 0. The molecular formula is C13H17N3O3S. The van der Waals surface area contributed by atoms with Gasteiger partial charge in [0.05, 0.1) is 0 Å². The van der Waals surface area contributed by atoms with Crippen LogP contribution >= 0.6 is 0 Å². The third-order valence-corrected chi connectivity index (χ3v) is 4.53. The Balaban J connectivity index is 2.36. The van der Waals surface area contributed by atoms with Crippen LogP contribution in [0.4, 0.5) is 5.69 Å². The van der Waals surface area contributed by atoms with Crippen LogP contribution in [0.3, 0.4) is 0 Å². The van der Waals surface area contributed by atoms with Crippen LogP contribution in [0.25, 0.3) is 0 Å². The molecule has 0 fully saturated rings. The Hall–Kier alpha value is -1.86. The van der Waals surface area contributed by atoms with Crippen LogP contribution in [0.2, 0.25) is 0 Å². The van der Waals surface area contributed by atoms with Crippen molar-refractivity contribution in [1.29, 1.82) is 0 Å². The number of anilines is 1. The Morgan fingerprint density at radius 2 is 2.05 bits per heavy atom. The summed E-state index contributed by atoms with van der Waals surface area (Å²) in [6.07, 6.45) is 0. The molecule has 2 aromatic rings. The first-order chi connectivity index (χ1) is 9.31. The number of aryl methyl sites for hydroxylation is 2. The number of nitrogens with zero attached hydrogens (tertiary/aromatic N) is 1. The van der Waals surface area contributed by atoms with Gasteiger partial charge in [0.2, 0.25) is 0 Å². The summed E-state index contributed by atoms with van der Waals surface area (Å²) < 4.78 is 32.1. The number of hydrogen-bond donors (Lipinski definition) is 2. The molecule has 0 aliphatic carbocycles. The van der Waals surface area contributed by atoms with E-state index in [1.54, 1.807) is 32.0 Å². The van der Waals surface area contributed by atoms with E-state index in [1.807, 2.05) is 13.0 Å². The summed E-state index contributed by atoms with van der Waals surface area (Å²) in [5, 5.41) is 3.66. The fourth-order valence-corrected chi connectivity index (χ4v) is 3.33. The highest BCUT2D eigenvalue weighted by molar-refractivity contribution is 7.92. The first kappa shape index (κ1) is 14.5. The van der Waals surface area contributed by atoms with Crippen LogP contribution in [0, 0.1) is 13.8 Å². The molecule has 0 aliphatic heterocycles. The standard InChI is InChI=1S/C13H17N3O3S/c1-8(14)11-5-4-6-12(7-11)16-20(17,18)13-9(2)15-19-10(13)3/h4-8,16H,14H2,1-3H3. The molecule has 0 saturated carbocycles. The van der Waals surface area contributed by atoms with Crippen molar-refractivity contribution in [2.24, 2.45) is 5.73 Å². The lowest BCUT2D eigenvalue weighted by molar-refractivity contribution is 0.390. The second kappa shape index (κ2) is 5.26. The van der Waals surface area contributed by atoms with Crippen molar-refractivity contribution < 1.29 is 12.9 Å². The van der Waals surface area contributed by atoms with E-state index in [9.17, 15) is 8.42 Å². The van der Waals surface area contributed by atoms with Gasteiger partial charge in [-0.25, -0.2) is 8.42 Å². The van der Waals surface area contributed by atoms with Gasteiger partial charge in [0.1, 0.15) is 5.69 Å². The van der Waals surface area contributed by atoms with E-state index in [2.05, 4.69) is 9.88 Å². The van der Waals surface area contributed by atoms with E-state index in [1.165, 1.54) is 0 Å². The highest BCUT2D eigenvalue weighted by Crippen LogP contribution is 2.23. The van der Waals surface area contributed by atoms with Crippen LogP contribution in [0.1, 0.15) is 30.0 Å². The second-order valence-electron chi connectivity index (χ2n) is 4.67. The molecule has 0 saturated heterocycles. The number of nitrogens with two attached hydrogens (primary N) is 1. The molecule has 0 bridgehead atoms. The molecule has 108 valence electrons. The second-order valence-corrected chi connectivity index (χ2v) is 6.29. The van der Waals surface area contributed by atoms with Crippen molar-refractivity contribution in [2.75, 3.05) is 4.72 Å². The normalized spacial score (nSPS) is 13.2. The summed E-state index contributed by atoms with van der Waals surface area (Å²) in [7, 11) is -3.72. The molecule has 1 heterocycles. The number of benzene rings is 1. The maximum atomic E-state index is 12.3. The lowest BCUT2D eigenvalue weighted by Crippen LogP contribution is -2.15. The van der Waals surface area contributed by atoms with Crippen molar-refractivity contribution >= 4 is 15.7 Å². The summed E-state index contributed by atoms with van der Waals surface area (Å²) in [4.78, 5) is 0.0729. The minimum atomic E-state index is -3.72. The zero-order valence-electron chi connectivity index (χ0n) is 11.5. The fourth-order valence-electron chi connectivity index (χ4n) is 1.95. The number of hydrogen-bond acceptors (Lipinski definition) is 5. The topological polar surface area (TPSA) is 98.2 Å². The van der Waals surface area contributed by atoms with E-state index in [4.69, 9.17) is 10.3 Å². The summed E-state index contributed by atoms with van der Waals surface area (Å²) in [6, 6.07) is 6.81. The molecule has 0 radical (unpaired) electrons. The number of nitrogens with one attached hydrogen (secondary N) is 1. The minimum absolute atomic E-state index is 0.0729. The Morgan fingerprint density at radius 3 is 2.60 bits per heavy atom. The Bertz CT molecular complexity index is 701.